The second-order valence-electron chi connectivity index (χ2n) is 8.04. The average Bonchev–Trinajstić information content (AvgIpc) is 3.54. The van der Waals surface area contributed by atoms with Crippen molar-refractivity contribution in [2.24, 2.45) is 5.92 Å². The van der Waals surface area contributed by atoms with Gasteiger partial charge in [-0.25, -0.2) is 9.59 Å². The smallest absolute Gasteiger partial charge is 0.336 e. The zero-order valence-corrected chi connectivity index (χ0v) is 19.2. The number of Topliss-reactive ketones (excluding diaryl/α,β-unsaturated/α-hetero) is 1. The number of hydrogen-bond donors (Lipinski definition) is 1. The number of hydrogen-bond acceptors (Lipinski definition) is 8. The molecule has 1 fully saturated rings. The van der Waals surface area contributed by atoms with Gasteiger partial charge in [0.15, 0.2) is 6.61 Å². The van der Waals surface area contributed by atoms with Crippen LogP contribution in [0, 0.1) is 19.8 Å². The van der Waals surface area contributed by atoms with E-state index in [0.717, 1.165) is 24.2 Å². The van der Waals surface area contributed by atoms with Gasteiger partial charge in [0.1, 0.15) is 5.92 Å². The Labute approximate surface area is 186 Å². The molecule has 0 aromatic carbocycles. The van der Waals surface area contributed by atoms with Crippen LogP contribution >= 0.6 is 0 Å². The molecular weight excluding hydrogens is 416 g/mol. The Morgan fingerprint density at radius 3 is 1.97 bits per heavy atom. The highest BCUT2D eigenvalue weighted by atomic mass is 16.5. The highest BCUT2D eigenvalue weighted by Crippen LogP contribution is 2.38. The monoisotopic (exact) mass is 444 g/mol. The van der Waals surface area contributed by atoms with E-state index in [2.05, 4.69) is 9.88 Å². The molecule has 1 N–H and O–H groups in total. The number of allylic oxidation sites excluding steroid dienone is 2. The molecule has 0 radical (unpaired) electrons. The minimum atomic E-state index is -1.37. The van der Waals surface area contributed by atoms with Crippen molar-refractivity contribution >= 4 is 23.7 Å². The van der Waals surface area contributed by atoms with Crippen LogP contribution < -0.4 is 5.32 Å². The molecule has 0 spiro atoms. The number of carbonyl (C=O) groups excluding carboxylic acids is 4. The molecular formula is C23H28N2O7. The van der Waals surface area contributed by atoms with Crippen molar-refractivity contribution in [2.75, 3.05) is 20.8 Å². The van der Waals surface area contributed by atoms with Crippen molar-refractivity contribution in [3.63, 3.8) is 0 Å². The summed E-state index contributed by atoms with van der Waals surface area (Å²) in [6, 6.07) is 2.21. The fourth-order valence-corrected chi connectivity index (χ4v) is 4.24. The number of ether oxygens (including phenoxy) is 3. The van der Waals surface area contributed by atoms with Crippen LogP contribution in [0.15, 0.2) is 28.6 Å². The Morgan fingerprint density at radius 1 is 0.969 bits per heavy atom. The summed E-state index contributed by atoms with van der Waals surface area (Å²) in [4.78, 5) is 50.7. The molecule has 2 heterocycles. The van der Waals surface area contributed by atoms with Crippen LogP contribution in [0.25, 0.3) is 0 Å². The number of aryl methyl sites for hydroxylation is 1. The lowest BCUT2D eigenvalue weighted by molar-refractivity contribution is -0.150. The van der Waals surface area contributed by atoms with Crippen molar-refractivity contribution in [3.8, 4) is 0 Å². The van der Waals surface area contributed by atoms with E-state index < -0.39 is 30.4 Å². The maximum atomic E-state index is 13.1. The van der Waals surface area contributed by atoms with Gasteiger partial charge in [0.2, 0.25) is 5.78 Å². The van der Waals surface area contributed by atoms with Crippen LogP contribution in [0.5, 0.6) is 0 Å². The molecule has 172 valence electrons. The number of methoxy groups -OCH3 is 2. The maximum Gasteiger partial charge on any atom is 0.336 e. The fraction of sp³-hybridized carbons (Fsp3) is 0.478. The first kappa shape index (κ1) is 23.3. The number of nitrogens with zero attached hydrogens (tertiary/aromatic N) is 1. The molecule has 0 bridgehead atoms. The Hall–Kier alpha value is -3.36. The highest BCUT2D eigenvalue weighted by Gasteiger charge is 2.42. The van der Waals surface area contributed by atoms with E-state index in [4.69, 9.17) is 14.2 Å². The summed E-state index contributed by atoms with van der Waals surface area (Å²) in [6.45, 7) is 6.47. The van der Waals surface area contributed by atoms with Crippen molar-refractivity contribution in [2.45, 2.75) is 46.6 Å². The minimum Gasteiger partial charge on any atom is -0.466 e. The average molecular weight is 444 g/mol. The molecule has 0 amide bonds. The predicted octanol–water partition coefficient (Wildman–Crippen LogP) is 2.28. The number of ketones is 1. The quantitative estimate of drug-likeness (QED) is 0.387. The molecule has 3 rings (SSSR count). The molecule has 1 aromatic heterocycles. The molecule has 0 atom stereocenters. The third-order valence-corrected chi connectivity index (χ3v) is 5.85. The van der Waals surface area contributed by atoms with Gasteiger partial charge in [0.05, 0.1) is 25.4 Å². The molecule has 0 saturated heterocycles. The van der Waals surface area contributed by atoms with Gasteiger partial charge in [-0.1, -0.05) is 0 Å². The molecule has 9 heteroatoms. The summed E-state index contributed by atoms with van der Waals surface area (Å²) < 4.78 is 17.1. The van der Waals surface area contributed by atoms with Crippen LogP contribution in [-0.2, 0) is 28.6 Å². The van der Waals surface area contributed by atoms with E-state index in [1.807, 2.05) is 13.8 Å². The van der Waals surface area contributed by atoms with E-state index in [9.17, 15) is 19.2 Å². The van der Waals surface area contributed by atoms with Crippen LogP contribution in [0.3, 0.4) is 0 Å². The van der Waals surface area contributed by atoms with Crippen molar-refractivity contribution in [3.05, 3.63) is 45.6 Å². The molecule has 9 nitrogen and oxygen atoms in total. The standard InChI is InChI=1S/C23H28N2O7/c1-11-9-16(14(4)25(11)15-7-8-15)17(26)10-32-23(29)20-18(21(27)30-5)12(2)24-13(3)19(20)22(28)31-6/h9,15,20,24H,7-8,10H2,1-6H3. The molecule has 1 aromatic rings. The molecule has 1 aliphatic carbocycles. The predicted molar refractivity (Wildman–Crippen MR) is 114 cm³/mol. The molecule has 0 unspecified atom stereocenters. The van der Waals surface area contributed by atoms with Crippen LogP contribution in [-0.4, -0.2) is 49.1 Å². The number of aromatic nitrogens is 1. The number of esters is 3. The number of rotatable bonds is 7. The molecule has 32 heavy (non-hydrogen) atoms. The molecule has 1 saturated carbocycles. The number of dihydropyridines is 1. The normalized spacial score (nSPS) is 16.6. The van der Waals surface area contributed by atoms with E-state index in [0.29, 0.717) is 23.0 Å². The first-order valence-electron chi connectivity index (χ1n) is 10.4. The zero-order chi connectivity index (χ0) is 23.7. The second kappa shape index (κ2) is 9.02. The summed E-state index contributed by atoms with van der Waals surface area (Å²) in [6.07, 6.45) is 2.16. The fourth-order valence-electron chi connectivity index (χ4n) is 4.24. The first-order valence-corrected chi connectivity index (χ1v) is 10.4. The van der Waals surface area contributed by atoms with Crippen LogP contribution in [0.4, 0.5) is 0 Å². The van der Waals surface area contributed by atoms with E-state index in [1.165, 1.54) is 14.2 Å². The topological polar surface area (TPSA) is 113 Å². The van der Waals surface area contributed by atoms with Crippen molar-refractivity contribution < 1.29 is 33.4 Å². The summed E-state index contributed by atoms with van der Waals surface area (Å²) in [5, 5.41) is 2.90. The van der Waals surface area contributed by atoms with E-state index in [1.54, 1.807) is 19.9 Å². The van der Waals surface area contributed by atoms with E-state index >= 15 is 0 Å². The first-order chi connectivity index (χ1) is 15.1. The maximum absolute atomic E-state index is 13.1. The number of carbonyl (C=O) groups is 4. The summed E-state index contributed by atoms with van der Waals surface area (Å²) in [7, 11) is 2.35. The summed E-state index contributed by atoms with van der Waals surface area (Å²) in [5.41, 5.74) is 2.88. The third kappa shape index (κ3) is 4.19. The van der Waals surface area contributed by atoms with Gasteiger partial charge in [-0.05, 0) is 46.6 Å². The van der Waals surface area contributed by atoms with Gasteiger partial charge in [-0.3, -0.25) is 9.59 Å². The number of nitrogens with one attached hydrogen (secondary N) is 1. The van der Waals surface area contributed by atoms with Crippen LogP contribution in [0.1, 0.15) is 54.5 Å². The lowest BCUT2D eigenvalue weighted by Gasteiger charge is -2.28. The van der Waals surface area contributed by atoms with Gasteiger partial charge in [0, 0.05) is 34.4 Å². The summed E-state index contributed by atoms with van der Waals surface area (Å²) >= 11 is 0. The second-order valence-corrected chi connectivity index (χ2v) is 8.04. The van der Waals surface area contributed by atoms with E-state index in [-0.39, 0.29) is 16.9 Å². The lowest BCUT2D eigenvalue weighted by atomic mass is 9.85. The molecule has 2 aliphatic rings. The highest BCUT2D eigenvalue weighted by molar-refractivity contribution is 6.06. The van der Waals surface area contributed by atoms with Crippen molar-refractivity contribution in [1.82, 2.24) is 9.88 Å². The molecule has 1 aliphatic heterocycles. The van der Waals surface area contributed by atoms with Gasteiger partial charge >= 0.3 is 17.9 Å². The van der Waals surface area contributed by atoms with Crippen molar-refractivity contribution in [1.29, 1.82) is 0 Å². The summed E-state index contributed by atoms with van der Waals surface area (Å²) in [5.74, 6) is -4.21. The third-order valence-electron chi connectivity index (χ3n) is 5.85. The van der Waals surface area contributed by atoms with Crippen LogP contribution in [0.2, 0.25) is 0 Å². The van der Waals surface area contributed by atoms with Gasteiger partial charge < -0.3 is 24.1 Å². The van der Waals surface area contributed by atoms with Gasteiger partial charge in [-0.2, -0.15) is 0 Å². The lowest BCUT2D eigenvalue weighted by Crippen LogP contribution is -2.38. The van der Waals surface area contributed by atoms with Gasteiger partial charge in [0.25, 0.3) is 0 Å². The SMILES string of the molecule is COC(=O)C1=C(C)NC(C)=C(C(=O)OC)C1C(=O)OCC(=O)c1cc(C)n(C2CC2)c1C. The Kier molecular flexibility index (Phi) is 6.57. The van der Waals surface area contributed by atoms with Gasteiger partial charge in [-0.15, -0.1) is 0 Å². The largest absolute Gasteiger partial charge is 0.466 e. The zero-order valence-electron chi connectivity index (χ0n) is 19.2. The Balaban J connectivity index is 1.85. The Morgan fingerprint density at radius 2 is 1.50 bits per heavy atom. The minimum absolute atomic E-state index is 0.0668. The Bertz CT molecular complexity index is 1020.